The predicted molar refractivity (Wildman–Crippen MR) is 66.5 cm³/mol. The van der Waals surface area contributed by atoms with Gasteiger partial charge in [0.05, 0.1) is 6.10 Å². The topological polar surface area (TPSA) is 44.3 Å². The van der Waals surface area contributed by atoms with Crippen LogP contribution in [0.3, 0.4) is 0 Å². The molecular weight excluding hydrogens is 200 g/mol. The number of hydrogen-bond donors (Lipinski definition) is 3. The van der Waals surface area contributed by atoms with Crippen molar-refractivity contribution in [2.24, 2.45) is 0 Å². The SMILES string of the molecule is OC1CCCCCC1NC1CCCNCC1. The summed E-state index contributed by atoms with van der Waals surface area (Å²) in [5, 5.41) is 17.2. The van der Waals surface area contributed by atoms with Gasteiger partial charge in [-0.25, -0.2) is 0 Å². The molecule has 3 heteroatoms. The molecule has 0 spiro atoms. The van der Waals surface area contributed by atoms with Crippen LogP contribution >= 0.6 is 0 Å². The van der Waals surface area contributed by atoms with Crippen molar-refractivity contribution in [1.29, 1.82) is 0 Å². The summed E-state index contributed by atoms with van der Waals surface area (Å²) in [7, 11) is 0. The minimum atomic E-state index is -0.112. The summed E-state index contributed by atoms with van der Waals surface area (Å²) in [5.74, 6) is 0. The molecule has 0 amide bonds. The molecule has 2 aliphatic rings. The van der Waals surface area contributed by atoms with E-state index >= 15 is 0 Å². The van der Waals surface area contributed by atoms with Crippen LogP contribution < -0.4 is 10.6 Å². The molecule has 0 aromatic carbocycles. The molecule has 16 heavy (non-hydrogen) atoms. The lowest BCUT2D eigenvalue weighted by Gasteiger charge is -2.27. The minimum Gasteiger partial charge on any atom is -0.392 e. The number of rotatable bonds is 2. The zero-order valence-electron chi connectivity index (χ0n) is 10.3. The summed E-state index contributed by atoms with van der Waals surface area (Å²) in [6.45, 7) is 2.28. The van der Waals surface area contributed by atoms with E-state index in [9.17, 15) is 5.11 Å². The zero-order chi connectivity index (χ0) is 11.2. The molecule has 2 fully saturated rings. The van der Waals surface area contributed by atoms with Crippen LogP contribution in [0.25, 0.3) is 0 Å². The molecule has 1 saturated heterocycles. The van der Waals surface area contributed by atoms with Crippen molar-refractivity contribution in [1.82, 2.24) is 10.6 Å². The van der Waals surface area contributed by atoms with Crippen LogP contribution in [0, 0.1) is 0 Å². The van der Waals surface area contributed by atoms with Gasteiger partial charge in [0, 0.05) is 12.1 Å². The quantitative estimate of drug-likeness (QED) is 0.624. The fraction of sp³-hybridized carbons (Fsp3) is 1.00. The normalized spacial score (nSPS) is 37.7. The number of hydrogen-bond acceptors (Lipinski definition) is 3. The molecule has 3 atom stereocenters. The fourth-order valence-corrected chi connectivity index (χ4v) is 2.97. The minimum absolute atomic E-state index is 0.112. The van der Waals surface area contributed by atoms with Crippen molar-refractivity contribution in [3.05, 3.63) is 0 Å². The van der Waals surface area contributed by atoms with E-state index in [0.29, 0.717) is 12.1 Å². The van der Waals surface area contributed by atoms with Gasteiger partial charge < -0.3 is 15.7 Å². The highest BCUT2D eigenvalue weighted by Gasteiger charge is 2.24. The first-order valence-corrected chi connectivity index (χ1v) is 7.01. The van der Waals surface area contributed by atoms with E-state index in [-0.39, 0.29) is 6.10 Å². The van der Waals surface area contributed by atoms with Crippen molar-refractivity contribution in [3.63, 3.8) is 0 Å². The summed E-state index contributed by atoms with van der Waals surface area (Å²) >= 11 is 0. The van der Waals surface area contributed by atoms with Gasteiger partial charge in [0.1, 0.15) is 0 Å². The third-order valence-corrected chi connectivity index (χ3v) is 4.00. The highest BCUT2D eigenvalue weighted by molar-refractivity contribution is 4.83. The molecule has 94 valence electrons. The Labute approximate surface area is 99.0 Å². The summed E-state index contributed by atoms with van der Waals surface area (Å²) < 4.78 is 0. The molecule has 0 aromatic rings. The number of aliphatic hydroxyl groups excluding tert-OH is 1. The molecular formula is C13H26N2O. The molecule has 2 rings (SSSR count). The van der Waals surface area contributed by atoms with Crippen LogP contribution in [0.5, 0.6) is 0 Å². The monoisotopic (exact) mass is 226 g/mol. The summed E-state index contributed by atoms with van der Waals surface area (Å²) in [6.07, 6.45) is 9.54. The van der Waals surface area contributed by atoms with Gasteiger partial charge in [0.15, 0.2) is 0 Å². The van der Waals surface area contributed by atoms with Crippen LogP contribution in [0.2, 0.25) is 0 Å². The smallest absolute Gasteiger partial charge is 0.0693 e. The van der Waals surface area contributed by atoms with Crippen molar-refractivity contribution in [2.75, 3.05) is 13.1 Å². The highest BCUT2D eigenvalue weighted by atomic mass is 16.3. The fourth-order valence-electron chi connectivity index (χ4n) is 2.97. The van der Waals surface area contributed by atoms with Crippen molar-refractivity contribution >= 4 is 0 Å². The predicted octanol–water partition coefficient (Wildman–Crippen LogP) is 1.41. The molecule has 0 radical (unpaired) electrons. The molecule has 3 nitrogen and oxygen atoms in total. The Morgan fingerprint density at radius 2 is 1.75 bits per heavy atom. The second-order valence-electron chi connectivity index (χ2n) is 5.36. The van der Waals surface area contributed by atoms with Gasteiger partial charge in [-0.1, -0.05) is 19.3 Å². The Bertz CT molecular complexity index is 190. The van der Waals surface area contributed by atoms with E-state index in [4.69, 9.17) is 0 Å². The lowest BCUT2D eigenvalue weighted by molar-refractivity contribution is 0.112. The number of nitrogens with one attached hydrogen (secondary N) is 2. The second kappa shape index (κ2) is 6.58. The maximum Gasteiger partial charge on any atom is 0.0693 e. The van der Waals surface area contributed by atoms with E-state index in [1.165, 1.54) is 38.5 Å². The summed E-state index contributed by atoms with van der Waals surface area (Å²) in [5.41, 5.74) is 0. The van der Waals surface area contributed by atoms with Crippen molar-refractivity contribution in [3.8, 4) is 0 Å². The molecule has 3 N–H and O–H groups in total. The standard InChI is InChI=1S/C13H26N2O/c16-13-7-3-1-2-6-12(13)15-11-5-4-9-14-10-8-11/h11-16H,1-10H2. The van der Waals surface area contributed by atoms with Gasteiger partial charge in [-0.15, -0.1) is 0 Å². The Morgan fingerprint density at radius 3 is 2.69 bits per heavy atom. The molecule has 1 saturated carbocycles. The van der Waals surface area contributed by atoms with Gasteiger partial charge in [-0.2, -0.15) is 0 Å². The number of aliphatic hydroxyl groups is 1. The molecule has 1 aliphatic heterocycles. The Hall–Kier alpha value is -0.120. The van der Waals surface area contributed by atoms with E-state index < -0.39 is 0 Å². The maximum atomic E-state index is 10.1. The first-order valence-electron chi connectivity index (χ1n) is 7.01. The van der Waals surface area contributed by atoms with Gasteiger partial charge in [-0.05, 0) is 45.2 Å². The highest BCUT2D eigenvalue weighted by Crippen LogP contribution is 2.19. The van der Waals surface area contributed by atoms with Crippen molar-refractivity contribution in [2.45, 2.75) is 69.6 Å². The van der Waals surface area contributed by atoms with E-state index in [0.717, 1.165) is 25.9 Å². The third kappa shape index (κ3) is 3.72. The Balaban J connectivity index is 1.81. The molecule has 1 aliphatic carbocycles. The first-order chi connectivity index (χ1) is 7.86. The molecule has 0 aromatic heterocycles. The van der Waals surface area contributed by atoms with Crippen LogP contribution in [0.1, 0.15) is 51.4 Å². The van der Waals surface area contributed by atoms with E-state index in [1.54, 1.807) is 0 Å². The molecule has 0 bridgehead atoms. The first kappa shape index (κ1) is 12.3. The summed E-state index contributed by atoms with van der Waals surface area (Å²) in [6, 6.07) is 0.971. The average Bonchev–Trinajstić information content (AvgIpc) is 2.64. The van der Waals surface area contributed by atoms with Crippen molar-refractivity contribution < 1.29 is 5.11 Å². The lowest BCUT2D eigenvalue weighted by atomic mass is 10.0. The largest absolute Gasteiger partial charge is 0.392 e. The van der Waals surface area contributed by atoms with E-state index in [1.807, 2.05) is 0 Å². The van der Waals surface area contributed by atoms with Crippen LogP contribution in [0.4, 0.5) is 0 Å². The Kier molecular flexibility index (Phi) is 5.07. The van der Waals surface area contributed by atoms with Crippen LogP contribution in [-0.4, -0.2) is 36.4 Å². The zero-order valence-corrected chi connectivity index (χ0v) is 10.3. The lowest BCUT2D eigenvalue weighted by Crippen LogP contribution is -2.45. The third-order valence-electron chi connectivity index (χ3n) is 4.00. The average molecular weight is 226 g/mol. The molecule has 3 unspecified atom stereocenters. The van der Waals surface area contributed by atoms with Gasteiger partial charge in [0.25, 0.3) is 0 Å². The summed E-state index contributed by atoms with van der Waals surface area (Å²) in [4.78, 5) is 0. The van der Waals surface area contributed by atoms with E-state index in [2.05, 4.69) is 10.6 Å². The van der Waals surface area contributed by atoms with Crippen LogP contribution in [0.15, 0.2) is 0 Å². The maximum absolute atomic E-state index is 10.1. The van der Waals surface area contributed by atoms with Gasteiger partial charge in [0.2, 0.25) is 0 Å². The molecule has 1 heterocycles. The van der Waals surface area contributed by atoms with Gasteiger partial charge >= 0.3 is 0 Å². The second-order valence-corrected chi connectivity index (χ2v) is 5.36. The van der Waals surface area contributed by atoms with Gasteiger partial charge in [-0.3, -0.25) is 0 Å². The van der Waals surface area contributed by atoms with Crippen LogP contribution in [-0.2, 0) is 0 Å². The Morgan fingerprint density at radius 1 is 0.875 bits per heavy atom.